The molecule has 122 valence electrons. The van der Waals surface area contributed by atoms with Crippen molar-refractivity contribution in [3.05, 3.63) is 39.4 Å². The number of nitrogens with zero attached hydrogens (tertiary/aromatic N) is 1. The minimum atomic E-state index is -0.556. The molecule has 0 aliphatic heterocycles. The number of nitrogens with one attached hydrogen (secondary N) is 1. The van der Waals surface area contributed by atoms with E-state index < -0.39 is 16.4 Å². The van der Waals surface area contributed by atoms with Crippen LogP contribution >= 0.6 is 0 Å². The summed E-state index contributed by atoms with van der Waals surface area (Å²) in [7, 11) is 0. The monoisotopic (exact) mass is 308 g/mol. The van der Waals surface area contributed by atoms with E-state index in [9.17, 15) is 20.0 Å². The van der Waals surface area contributed by atoms with E-state index >= 15 is 0 Å². The Bertz CT molecular complexity index is 567. The number of rotatable bonds is 6. The molecule has 0 spiro atoms. The van der Waals surface area contributed by atoms with Crippen LogP contribution < -0.4 is 5.32 Å². The summed E-state index contributed by atoms with van der Waals surface area (Å²) < 4.78 is 0. The maximum Gasteiger partial charge on any atom is 0.270 e. The number of nitro benzene ring substituents is 1. The molecule has 0 aliphatic rings. The third kappa shape index (κ3) is 4.53. The topological polar surface area (TPSA) is 92.5 Å². The highest BCUT2D eigenvalue weighted by Crippen LogP contribution is 2.25. The number of aliphatic hydroxyl groups excluding tert-OH is 1. The van der Waals surface area contributed by atoms with Crippen molar-refractivity contribution in [3.8, 4) is 0 Å². The molecule has 1 aromatic rings. The predicted octanol–water partition coefficient (Wildman–Crippen LogP) is 2.68. The molecule has 1 amide bonds. The Balaban J connectivity index is 2.84. The van der Waals surface area contributed by atoms with E-state index in [1.807, 2.05) is 27.7 Å². The summed E-state index contributed by atoms with van der Waals surface area (Å²) in [5.41, 5.74) is 0.313. The molecule has 1 rings (SSSR count). The van der Waals surface area contributed by atoms with Crippen LogP contribution in [-0.4, -0.2) is 28.6 Å². The van der Waals surface area contributed by atoms with Crippen molar-refractivity contribution in [3.63, 3.8) is 0 Å². The Hall–Kier alpha value is -1.95. The van der Waals surface area contributed by atoms with E-state index in [4.69, 9.17) is 0 Å². The summed E-state index contributed by atoms with van der Waals surface area (Å²) >= 11 is 0. The van der Waals surface area contributed by atoms with Gasteiger partial charge in [0.05, 0.1) is 11.0 Å². The Morgan fingerprint density at radius 2 is 1.95 bits per heavy atom. The molecule has 0 radical (unpaired) electrons. The van der Waals surface area contributed by atoms with Gasteiger partial charge in [0.25, 0.3) is 11.6 Å². The fourth-order valence-electron chi connectivity index (χ4n) is 2.42. The van der Waals surface area contributed by atoms with Crippen LogP contribution in [0.15, 0.2) is 18.2 Å². The quantitative estimate of drug-likeness (QED) is 0.624. The van der Waals surface area contributed by atoms with Crippen LogP contribution in [0, 0.1) is 28.4 Å². The van der Waals surface area contributed by atoms with Gasteiger partial charge in [0.1, 0.15) is 0 Å². The summed E-state index contributed by atoms with van der Waals surface area (Å²) in [6, 6.07) is 4.28. The van der Waals surface area contributed by atoms with Crippen LogP contribution in [0.3, 0.4) is 0 Å². The van der Waals surface area contributed by atoms with E-state index in [0.717, 1.165) is 0 Å². The molecule has 1 aromatic carbocycles. The molecule has 1 atom stereocenters. The van der Waals surface area contributed by atoms with Crippen molar-refractivity contribution in [1.82, 2.24) is 5.32 Å². The summed E-state index contributed by atoms with van der Waals surface area (Å²) in [5.74, 6) is -0.303. The molecule has 2 N–H and O–H groups in total. The van der Waals surface area contributed by atoms with E-state index in [-0.39, 0.29) is 29.6 Å². The summed E-state index contributed by atoms with van der Waals surface area (Å²) in [5, 5.41) is 23.8. The Morgan fingerprint density at radius 3 is 2.45 bits per heavy atom. The lowest BCUT2D eigenvalue weighted by atomic mass is 9.80. The number of benzene rings is 1. The SMILES string of the molecule is Cc1cc(C(=O)NCC(C)(C)C(O)C(C)C)cc([N+](=O)[O-])c1. The highest BCUT2D eigenvalue weighted by Gasteiger charge is 2.30. The minimum absolute atomic E-state index is 0.0759. The zero-order valence-electron chi connectivity index (χ0n) is 13.7. The third-order valence-electron chi connectivity index (χ3n) is 3.67. The van der Waals surface area contributed by atoms with Gasteiger partial charge in [-0.05, 0) is 24.5 Å². The first kappa shape index (κ1) is 18.1. The Kier molecular flexibility index (Phi) is 5.65. The van der Waals surface area contributed by atoms with Gasteiger partial charge in [-0.25, -0.2) is 0 Å². The smallest absolute Gasteiger partial charge is 0.270 e. The molecule has 0 saturated heterocycles. The van der Waals surface area contributed by atoms with Crippen LogP contribution in [0.2, 0.25) is 0 Å². The molecule has 0 aliphatic carbocycles. The molecule has 0 bridgehead atoms. The molecule has 6 heteroatoms. The summed E-state index contributed by atoms with van der Waals surface area (Å²) in [6.07, 6.45) is -0.556. The van der Waals surface area contributed by atoms with Gasteiger partial charge in [0.2, 0.25) is 0 Å². The van der Waals surface area contributed by atoms with Gasteiger partial charge in [-0.2, -0.15) is 0 Å². The fourth-order valence-corrected chi connectivity index (χ4v) is 2.42. The maximum absolute atomic E-state index is 12.2. The number of carbonyl (C=O) groups excluding carboxylic acids is 1. The van der Waals surface area contributed by atoms with E-state index in [1.54, 1.807) is 13.0 Å². The van der Waals surface area contributed by atoms with E-state index in [2.05, 4.69) is 5.32 Å². The second-order valence-corrected chi connectivity index (χ2v) is 6.67. The van der Waals surface area contributed by atoms with Crippen LogP contribution in [0.5, 0.6) is 0 Å². The second kappa shape index (κ2) is 6.87. The van der Waals surface area contributed by atoms with E-state index in [1.165, 1.54) is 12.1 Å². The van der Waals surface area contributed by atoms with Gasteiger partial charge < -0.3 is 10.4 Å². The maximum atomic E-state index is 12.2. The lowest BCUT2D eigenvalue weighted by Crippen LogP contribution is -2.43. The van der Waals surface area contributed by atoms with Gasteiger partial charge in [0, 0.05) is 29.7 Å². The van der Waals surface area contributed by atoms with Crippen molar-refractivity contribution in [2.45, 2.75) is 40.7 Å². The normalized spacial score (nSPS) is 13.0. The number of hydrogen-bond acceptors (Lipinski definition) is 4. The molecule has 0 saturated carbocycles. The summed E-state index contributed by atoms with van der Waals surface area (Å²) in [4.78, 5) is 22.5. The number of nitro groups is 1. The zero-order valence-corrected chi connectivity index (χ0v) is 13.7. The Labute approximate surface area is 130 Å². The average molecular weight is 308 g/mol. The summed E-state index contributed by atoms with van der Waals surface area (Å²) in [6.45, 7) is 9.56. The molecule has 0 aromatic heterocycles. The number of aryl methyl sites for hydroxylation is 1. The molecule has 0 heterocycles. The molecule has 1 unspecified atom stereocenters. The molecule has 6 nitrogen and oxygen atoms in total. The largest absolute Gasteiger partial charge is 0.392 e. The van der Waals surface area contributed by atoms with Gasteiger partial charge in [-0.3, -0.25) is 14.9 Å². The lowest BCUT2D eigenvalue weighted by molar-refractivity contribution is -0.384. The van der Waals surface area contributed by atoms with Gasteiger partial charge in [-0.15, -0.1) is 0 Å². The number of carbonyl (C=O) groups is 1. The highest BCUT2D eigenvalue weighted by molar-refractivity contribution is 5.95. The first-order valence-electron chi connectivity index (χ1n) is 7.27. The van der Waals surface area contributed by atoms with Crippen LogP contribution in [0.1, 0.15) is 43.6 Å². The van der Waals surface area contributed by atoms with Crippen molar-refractivity contribution in [1.29, 1.82) is 0 Å². The van der Waals surface area contributed by atoms with Crippen LogP contribution in [0.4, 0.5) is 5.69 Å². The number of non-ortho nitro benzene ring substituents is 1. The third-order valence-corrected chi connectivity index (χ3v) is 3.67. The first-order chi connectivity index (χ1) is 10.0. The number of amides is 1. The van der Waals surface area contributed by atoms with Crippen LogP contribution in [-0.2, 0) is 0 Å². The zero-order chi connectivity index (χ0) is 17.1. The fraction of sp³-hybridized carbons (Fsp3) is 0.562. The van der Waals surface area contributed by atoms with Crippen LogP contribution in [0.25, 0.3) is 0 Å². The van der Waals surface area contributed by atoms with Gasteiger partial charge in [0.15, 0.2) is 0 Å². The first-order valence-corrected chi connectivity index (χ1v) is 7.27. The second-order valence-electron chi connectivity index (χ2n) is 6.67. The Morgan fingerprint density at radius 1 is 1.36 bits per heavy atom. The van der Waals surface area contributed by atoms with Gasteiger partial charge in [-0.1, -0.05) is 27.7 Å². The van der Waals surface area contributed by atoms with E-state index in [0.29, 0.717) is 5.56 Å². The van der Waals surface area contributed by atoms with Crippen molar-refractivity contribution in [2.75, 3.05) is 6.54 Å². The highest BCUT2D eigenvalue weighted by atomic mass is 16.6. The lowest BCUT2D eigenvalue weighted by Gasteiger charge is -2.33. The van der Waals surface area contributed by atoms with Gasteiger partial charge >= 0.3 is 0 Å². The number of hydrogen-bond donors (Lipinski definition) is 2. The molecule has 22 heavy (non-hydrogen) atoms. The van der Waals surface area contributed by atoms with Crippen molar-refractivity contribution >= 4 is 11.6 Å². The number of aliphatic hydroxyl groups is 1. The molecular weight excluding hydrogens is 284 g/mol. The van der Waals surface area contributed by atoms with Crippen molar-refractivity contribution in [2.24, 2.45) is 11.3 Å². The average Bonchev–Trinajstić information content (AvgIpc) is 2.43. The predicted molar refractivity (Wildman–Crippen MR) is 84.8 cm³/mol. The minimum Gasteiger partial charge on any atom is -0.392 e. The molecular formula is C16H24N2O4. The standard InChI is InChI=1S/C16H24N2O4/c1-10(2)14(19)16(4,5)9-17-15(20)12-6-11(3)7-13(8-12)18(21)22/h6-8,10,14,19H,9H2,1-5H3,(H,17,20). The van der Waals surface area contributed by atoms with Crippen molar-refractivity contribution < 1.29 is 14.8 Å². The molecule has 0 fully saturated rings.